The summed E-state index contributed by atoms with van der Waals surface area (Å²) in [5.74, 6) is 9.52. The van der Waals surface area contributed by atoms with Gasteiger partial charge in [-0.3, -0.25) is 0 Å². The highest BCUT2D eigenvalue weighted by Crippen LogP contribution is 2.21. The van der Waals surface area contributed by atoms with Crippen molar-refractivity contribution >= 4 is 11.6 Å². The lowest BCUT2D eigenvalue weighted by atomic mass is 10.7. The average Bonchev–Trinajstić information content (AvgIpc) is 2.39. The third-order valence-electron chi connectivity index (χ3n) is 0.759. The summed E-state index contributed by atoms with van der Waals surface area (Å²) in [5.41, 5.74) is 0. The quantitative estimate of drug-likeness (QED) is 0.351. The molecule has 0 fully saturated rings. The lowest BCUT2D eigenvalue weighted by Crippen LogP contribution is -1.75. The first kappa shape index (κ1) is 7.05. The Hall–Kier alpha value is -2.06. The Morgan fingerprint density at radius 2 is 1.45 bits per heavy atom. The molecule has 0 saturated carbocycles. The Labute approximate surface area is 60.1 Å². The second-order valence-electron chi connectivity index (χ2n) is 1.34. The number of hydrogen-bond acceptors (Lipinski definition) is 7. The predicted molar refractivity (Wildman–Crippen MR) is 31.7 cm³/mol. The number of aromatic nitrogens is 2. The van der Waals surface area contributed by atoms with Crippen molar-refractivity contribution in [1.82, 2.24) is 10.3 Å². The molecule has 0 aromatic carbocycles. The first-order chi connectivity index (χ1) is 5.38. The topological polar surface area (TPSA) is 140 Å². The van der Waals surface area contributed by atoms with Gasteiger partial charge in [0.2, 0.25) is 0 Å². The predicted octanol–water partition coefficient (Wildman–Crippen LogP) is -0.0156. The van der Waals surface area contributed by atoms with Gasteiger partial charge in [-0.15, -0.1) is 10.2 Å². The molecule has 0 spiro atoms. The van der Waals surface area contributed by atoms with E-state index in [4.69, 9.17) is 11.7 Å². The van der Waals surface area contributed by atoms with Gasteiger partial charge in [-0.05, 0) is 10.3 Å². The molecule has 9 nitrogen and oxygen atoms in total. The van der Waals surface area contributed by atoms with Gasteiger partial charge in [0.15, 0.2) is 0 Å². The summed E-state index contributed by atoms with van der Waals surface area (Å²) >= 11 is 0. The molecular formula is C2H4N8O. The zero-order valence-corrected chi connectivity index (χ0v) is 5.25. The fraction of sp³-hybridized carbons (Fsp3) is 0. The molecule has 0 aliphatic rings. The molecule has 1 heterocycles. The van der Waals surface area contributed by atoms with Gasteiger partial charge in [-0.2, -0.15) is 0 Å². The molecule has 11 heavy (non-hydrogen) atoms. The van der Waals surface area contributed by atoms with E-state index in [2.05, 4.69) is 35.6 Å². The van der Waals surface area contributed by atoms with Crippen LogP contribution in [0, 0.1) is 0 Å². The molecule has 0 aliphatic heterocycles. The fourth-order valence-corrected chi connectivity index (χ4v) is 0.415. The third kappa shape index (κ3) is 1.44. The van der Waals surface area contributed by atoms with Gasteiger partial charge in [0, 0.05) is 0 Å². The van der Waals surface area contributed by atoms with E-state index < -0.39 is 0 Å². The average molecular weight is 156 g/mol. The molecule has 1 aromatic heterocycles. The highest BCUT2D eigenvalue weighted by Gasteiger charge is 2.06. The summed E-state index contributed by atoms with van der Waals surface area (Å²) < 4.78 is 4.23. The van der Waals surface area contributed by atoms with Gasteiger partial charge in [-0.1, -0.05) is 10.4 Å². The van der Waals surface area contributed by atoms with Gasteiger partial charge in [0.1, 0.15) is 0 Å². The van der Waals surface area contributed by atoms with Crippen LogP contribution in [0.3, 0.4) is 0 Å². The maximum Gasteiger partial charge on any atom is 0.267 e. The molecule has 0 bridgehead atoms. The zero-order valence-electron chi connectivity index (χ0n) is 5.25. The van der Waals surface area contributed by atoms with Crippen LogP contribution in [-0.4, -0.2) is 10.3 Å². The van der Waals surface area contributed by atoms with Crippen LogP contribution >= 0.6 is 0 Å². The van der Waals surface area contributed by atoms with Gasteiger partial charge >= 0.3 is 0 Å². The van der Waals surface area contributed by atoms with Gasteiger partial charge in [0.25, 0.3) is 11.6 Å². The number of hydrogen-bond donors (Lipinski definition) is 2. The molecule has 1 rings (SSSR count). The number of rotatable bonds is 2. The SMILES string of the molecule is NN=Nc1nonc1N=NN. The van der Waals surface area contributed by atoms with Crippen molar-refractivity contribution in [3.63, 3.8) is 0 Å². The van der Waals surface area contributed by atoms with Gasteiger partial charge < -0.3 is 11.7 Å². The van der Waals surface area contributed by atoms with E-state index in [0.29, 0.717) is 0 Å². The van der Waals surface area contributed by atoms with Crippen LogP contribution in [-0.2, 0) is 0 Å². The van der Waals surface area contributed by atoms with Crippen LogP contribution in [0.4, 0.5) is 11.6 Å². The van der Waals surface area contributed by atoms with Crippen molar-refractivity contribution in [1.29, 1.82) is 0 Å². The summed E-state index contributed by atoms with van der Waals surface area (Å²) in [6, 6.07) is 0. The Morgan fingerprint density at radius 1 is 1.00 bits per heavy atom. The Kier molecular flexibility index (Phi) is 2.05. The minimum atomic E-state index is 0.0294. The Morgan fingerprint density at radius 3 is 1.82 bits per heavy atom. The maximum absolute atomic E-state index is 4.73. The van der Waals surface area contributed by atoms with E-state index in [1.807, 2.05) is 0 Å². The van der Waals surface area contributed by atoms with E-state index in [0.717, 1.165) is 0 Å². The van der Waals surface area contributed by atoms with Crippen LogP contribution in [0.5, 0.6) is 0 Å². The smallest absolute Gasteiger partial charge is 0.267 e. The van der Waals surface area contributed by atoms with Crippen molar-refractivity contribution in [3.05, 3.63) is 0 Å². The second kappa shape index (κ2) is 3.20. The third-order valence-corrected chi connectivity index (χ3v) is 0.759. The highest BCUT2D eigenvalue weighted by atomic mass is 16.6. The van der Waals surface area contributed by atoms with Crippen LogP contribution in [0.2, 0.25) is 0 Å². The Bertz CT molecular complexity index is 247. The summed E-state index contributed by atoms with van der Waals surface area (Å²) in [6.07, 6.45) is 0. The van der Waals surface area contributed by atoms with Gasteiger partial charge in [-0.25, -0.2) is 4.63 Å². The highest BCUT2D eigenvalue weighted by molar-refractivity contribution is 5.46. The van der Waals surface area contributed by atoms with Crippen LogP contribution in [0.15, 0.2) is 25.3 Å². The van der Waals surface area contributed by atoms with Crippen molar-refractivity contribution in [2.75, 3.05) is 0 Å². The maximum atomic E-state index is 4.73. The van der Waals surface area contributed by atoms with Crippen molar-refractivity contribution in [2.45, 2.75) is 0 Å². The first-order valence-corrected chi connectivity index (χ1v) is 2.43. The minimum absolute atomic E-state index is 0.0294. The molecule has 4 N–H and O–H groups in total. The van der Waals surface area contributed by atoms with Crippen molar-refractivity contribution in [2.24, 2.45) is 32.4 Å². The second-order valence-corrected chi connectivity index (χ2v) is 1.34. The Balaban J connectivity index is 2.95. The standard InChI is InChI=1S/C2H4N8O/c3-9-5-1-2(6-10-4)8-11-7-1/h(H2,3,5,7)(H2,4,6,8). The summed E-state index contributed by atoms with van der Waals surface area (Å²) in [4.78, 5) is 0. The van der Waals surface area contributed by atoms with E-state index in [1.54, 1.807) is 0 Å². The lowest BCUT2D eigenvalue weighted by Gasteiger charge is -1.78. The van der Waals surface area contributed by atoms with E-state index in [-0.39, 0.29) is 11.6 Å². The lowest BCUT2D eigenvalue weighted by molar-refractivity contribution is 0.309. The molecule has 0 amide bonds. The van der Waals surface area contributed by atoms with Crippen molar-refractivity contribution in [3.8, 4) is 0 Å². The molecule has 58 valence electrons. The van der Waals surface area contributed by atoms with Crippen LogP contribution < -0.4 is 11.7 Å². The largest absolute Gasteiger partial charge is 0.305 e. The normalized spacial score (nSPS) is 11.6. The summed E-state index contributed by atoms with van der Waals surface area (Å²) in [5, 5.41) is 19.1. The fourth-order valence-electron chi connectivity index (χ4n) is 0.415. The first-order valence-electron chi connectivity index (χ1n) is 2.43. The minimum Gasteiger partial charge on any atom is -0.305 e. The van der Waals surface area contributed by atoms with E-state index in [9.17, 15) is 0 Å². The number of nitrogens with zero attached hydrogens (tertiary/aromatic N) is 6. The molecule has 9 heteroatoms. The van der Waals surface area contributed by atoms with Crippen LogP contribution in [0.1, 0.15) is 0 Å². The monoisotopic (exact) mass is 156 g/mol. The summed E-state index contributed by atoms with van der Waals surface area (Å²) in [6.45, 7) is 0. The molecule has 1 aromatic rings. The molecule has 0 atom stereocenters. The molecule has 0 radical (unpaired) electrons. The summed E-state index contributed by atoms with van der Waals surface area (Å²) in [7, 11) is 0. The van der Waals surface area contributed by atoms with E-state index >= 15 is 0 Å². The number of nitrogens with two attached hydrogens (primary N) is 2. The van der Waals surface area contributed by atoms with Gasteiger partial charge in [0.05, 0.1) is 0 Å². The van der Waals surface area contributed by atoms with Crippen molar-refractivity contribution < 1.29 is 4.63 Å². The molecule has 0 unspecified atom stereocenters. The molecular weight excluding hydrogens is 152 g/mol. The molecule has 0 saturated heterocycles. The molecule has 0 aliphatic carbocycles. The van der Waals surface area contributed by atoms with E-state index in [1.165, 1.54) is 0 Å². The van der Waals surface area contributed by atoms with Crippen LogP contribution in [0.25, 0.3) is 0 Å². The zero-order chi connectivity index (χ0) is 8.10.